The largest absolute Gasteiger partial charge is 0.478 e. The molecule has 15 heavy (non-hydrogen) atoms. The van der Waals surface area contributed by atoms with Crippen LogP contribution in [0.2, 0.25) is 6.04 Å². The van der Waals surface area contributed by atoms with E-state index in [1.807, 2.05) is 0 Å². The Labute approximate surface area is 103 Å². The molecule has 0 aliphatic heterocycles. The lowest BCUT2D eigenvalue weighted by Crippen LogP contribution is -2.09. The number of hydrogen-bond donors (Lipinski definition) is 1. The van der Waals surface area contributed by atoms with Gasteiger partial charge in [-0.15, -0.1) is 33.2 Å². The van der Waals surface area contributed by atoms with Crippen LogP contribution in [-0.4, -0.2) is 17.1 Å². The van der Waals surface area contributed by atoms with Crippen molar-refractivity contribution in [1.82, 2.24) is 0 Å². The molecule has 0 aromatic heterocycles. The average molecular weight is 284 g/mol. The van der Waals surface area contributed by atoms with Gasteiger partial charge in [0.05, 0.1) is 5.56 Å². The van der Waals surface area contributed by atoms with Crippen molar-refractivity contribution in [3.8, 4) is 0 Å². The maximum atomic E-state index is 10.6. The van der Waals surface area contributed by atoms with E-state index in [0.717, 1.165) is 5.56 Å². The highest BCUT2D eigenvalue weighted by molar-refractivity contribution is 7.64. The molecule has 1 aromatic carbocycles. The van der Waals surface area contributed by atoms with E-state index in [0.29, 0.717) is 12.5 Å². The lowest BCUT2D eigenvalue weighted by Gasteiger charge is -2.07. The summed E-state index contributed by atoms with van der Waals surface area (Å²) >= 11 is 17.2. The first-order valence-corrected chi connectivity index (χ1v) is 9.52. The van der Waals surface area contributed by atoms with E-state index >= 15 is 0 Å². The predicted molar refractivity (Wildman–Crippen MR) is 65.2 cm³/mol. The van der Waals surface area contributed by atoms with Gasteiger partial charge in [-0.1, -0.05) is 12.1 Å². The summed E-state index contributed by atoms with van der Waals surface area (Å²) in [5.74, 6) is -0.933. The van der Waals surface area contributed by atoms with Crippen LogP contribution < -0.4 is 0 Å². The third-order valence-corrected chi connectivity index (χ3v) is 4.42. The topological polar surface area (TPSA) is 37.3 Å². The molecule has 1 aromatic rings. The van der Waals surface area contributed by atoms with Crippen LogP contribution in [0, 0.1) is 0 Å². The zero-order valence-corrected chi connectivity index (χ0v) is 11.0. The first-order chi connectivity index (χ1) is 6.88. The summed E-state index contributed by atoms with van der Waals surface area (Å²) in [7, 11) is 0. The minimum absolute atomic E-state index is 0.268. The van der Waals surface area contributed by atoms with Gasteiger partial charge in [0.1, 0.15) is 0 Å². The van der Waals surface area contributed by atoms with E-state index in [1.165, 1.54) is 0 Å². The molecule has 0 atom stereocenters. The number of carbonyl (C=O) groups is 1. The second-order valence-electron chi connectivity index (χ2n) is 3.12. The molecule has 0 aliphatic carbocycles. The summed E-state index contributed by atoms with van der Waals surface area (Å²) in [6, 6.07) is 4.57. The Balaban J connectivity index is 2.61. The number of halogens is 3. The van der Waals surface area contributed by atoms with Gasteiger partial charge >= 0.3 is 12.0 Å². The standard InChI is InChI=1S/C9H9Cl3O2Si/c10-15(11,12)6-5-7-1-3-8(4-2-7)9(13)14/h1-4H,5-6H2,(H,13,14). The van der Waals surface area contributed by atoms with Crippen molar-refractivity contribution in [2.75, 3.05) is 0 Å². The lowest BCUT2D eigenvalue weighted by molar-refractivity contribution is 0.0697. The molecule has 0 saturated heterocycles. The fourth-order valence-corrected chi connectivity index (χ4v) is 2.52. The smallest absolute Gasteiger partial charge is 0.341 e. The molecule has 1 rings (SSSR count). The van der Waals surface area contributed by atoms with Crippen LogP contribution in [0.3, 0.4) is 0 Å². The van der Waals surface area contributed by atoms with Crippen LogP contribution in [0.4, 0.5) is 0 Å². The molecule has 0 spiro atoms. The number of aryl methyl sites for hydroxylation is 1. The van der Waals surface area contributed by atoms with Gasteiger partial charge in [0, 0.05) is 0 Å². The summed E-state index contributed by atoms with van der Waals surface area (Å²) in [5, 5.41) is 8.68. The van der Waals surface area contributed by atoms with Crippen molar-refractivity contribution in [3.05, 3.63) is 35.4 Å². The molecule has 0 bridgehead atoms. The number of carboxylic acids is 1. The molecule has 6 heteroatoms. The first kappa shape index (κ1) is 12.8. The second kappa shape index (κ2) is 5.21. The Morgan fingerprint density at radius 1 is 1.20 bits per heavy atom. The number of aromatic carboxylic acids is 1. The average Bonchev–Trinajstić information content (AvgIpc) is 2.14. The Morgan fingerprint density at radius 2 is 1.73 bits per heavy atom. The van der Waals surface area contributed by atoms with Crippen LogP contribution in [0.5, 0.6) is 0 Å². The maximum Gasteiger partial charge on any atom is 0.341 e. The molecule has 2 nitrogen and oxygen atoms in total. The van der Waals surface area contributed by atoms with Crippen molar-refractivity contribution < 1.29 is 9.90 Å². The first-order valence-electron chi connectivity index (χ1n) is 4.27. The third kappa shape index (κ3) is 4.89. The van der Waals surface area contributed by atoms with E-state index in [1.54, 1.807) is 24.3 Å². The molecule has 0 radical (unpaired) electrons. The van der Waals surface area contributed by atoms with Gasteiger partial charge in [-0.3, -0.25) is 0 Å². The van der Waals surface area contributed by atoms with Gasteiger partial charge in [-0.2, -0.15) is 0 Å². The molecule has 0 amide bonds. The number of hydrogen-bond acceptors (Lipinski definition) is 1. The zero-order chi connectivity index (χ0) is 11.5. The van der Waals surface area contributed by atoms with Crippen LogP contribution >= 0.6 is 33.2 Å². The highest BCUT2D eigenvalue weighted by atomic mass is 35.8. The van der Waals surface area contributed by atoms with E-state index < -0.39 is 12.0 Å². The van der Waals surface area contributed by atoms with E-state index in [-0.39, 0.29) is 5.56 Å². The molecule has 0 saturated carbocycles. The molecular weight excluding hydrogens is 275 g/mol. The summed E-state index contributed by atoms with van der Waals surface area (Å²) in [5.41, 5.74) is 1.25. The normalized spacial score (nSPS) is 11.4. The quantitative estimate of drug-likeness (QED) is 0.677. The lowest BCUT2D eigenvalue weighted by atomic mass is 10.1. The minimum Gasteiger partial charge on any atom is -0.478 e. The van der Waals surface area contributed by atoms with Crippen molar-refractivity contribution in [3.63, 3.8) is 0 Å². The monoisotopic (exact) mass is 282 g/mol. The molecule has 0 aliphatic rings. The molecule has 82 valence electrons. The number of benzene rings is 1. The molecule has 1 N–H and O–H groups in total. The predicted octanol–water partition coefficient (Wildman–Crippen LogP) is 3.58. The van der Waals surface area contributed by atoms with Gasteiger partial charge in [0.25, 0.3) is 0 Å². The maximum absolute atomic E-state index is 10.6. The highest BCUT2D eigenvalue weighted by Crippen LogP contribution is 2.26. The zero-order valence-electron chi connectivity index (χ0n) is 7.71. The summed E-state index contributed by atoms with van der Waals surface area (Å²) in [6.45, 7) is 0. The Hall–Kier alpha value is -0.223. The van der Waals surface area contributed by atoms with Gasteiger partial charge in [-0.05, 0) is 30.2 Å². The van der Waals surface area contributed by atoms with Gasteiger partial charge in [0.2, 0.25) is 0 Å². The Kier molecular flexibility index (Phi) is 4.46. The summed E-state index contributed by atoms with van der Waals surface area (Å²) in [4.78, 5) is 10.6. The van der Waals surface area contributed by atoms with E-state index in [2.05, 4.69) is 0 Å². The van der Waals surface area contributed by atoms with Crippen molar-refractivity contribution in [1.29, 1.82) is 0 Å². The Bertz CT molecular complexity index is 345. The second-order valence-corrected chi connectivity index (χ2v) is 12.4. The molecule has 0 heterocycles. The number of carboxylic acid groups (broad SMARTS) is 1. The van der Waals surface area contributed by atoms with Crippen molar-refractivity contribution >= 4 is 45.2 Å². The van der Waals surface area contributed by atoms with Crippen molar-refractivity contribution in [2.45, 2.75) is 12.5 Å². The number of rotatable bonds is 4. The fourth-order valence-electron chi connectivity index (χ4n) is 1.10. The Morgan fingerprint density at radius 3 is 2.13 bits per heavy atom. The van der Waals surface area contributed by atoms with Gasteiger partial charge in [-0.25, -0.2) is 4.79 Å². The summed E-state index contributed by atoms with van der Waals surface area (Å²) < 4.78 is 0. The van der Waals surface area contributed by atoms with E-state index in [4.69, 9.17) is 38.3 Å². The van der Waals surface area contributed by atoms with Crippen LogP contribution in [0.1, 0.15) is 15.9 Å². The molecule has 0 unspecified atom stereocenters. The van der Waals surface area contributed by atoms with E-state index in [9.17, 15) is 4.79 Å². The fraction of sp³-hybridized carbons (Fsp3) is 0.222. The highest BCUT2D eigenvalue weighted by Gasteiger charge is 2.24. The summed E-state index contributed by atoms with van der Waals surface area (Å²) in [6.07, 6.45) is 0.669. The van der Waals surface area contributed by atoms with Crippen LogP contribution in [-0.2, 0) is 6.42 Å². The molecule has 0 fully saturated rings. The van der Waals surface area contributed by atoms with Gasteiger partial charge < -0.3 is 5.11 Å². The third-order valence-electron chi connectivity index (χ3n) is 1.90. The van der Waals surface area contributed by atoms with Gasteiger partial charge in [0.15, 0.2) is 0 Å². The van der Waals surface area contributed by atoms with Crippen molar-refractivity contribution in [2.24, 2.45) is 0 Å². The SMILES string of the molecule is O=C(O)c1ccc(CC[Si](Cl)(Cl)Cl)cc1. The molecular formula is C9H9Cl3O2Si. The van der Waals surface area contributed by atoms with Crippen LogP contribution in [0.25, 0.3) is 0 Å². The minimum atomic E-state index is -2.58. The van der Waals surface area contributed by atoms with Crippen LogP contribution in [0.15, 0.2) is 24.3 Å².